The molecule has 0 heterocycles. The van der Waals surface area contributed by atoms with Gasteiger partial charge in [0.2, 0.25) is 0 Å². The number of aliphatic carboxylic acids is 1. The van der Waals surface area contributed by atoms with Crippen molar-refractivity contribution < 1.29 is 14.7 Å². The lowest BCUT2D eigenvalue weighted by Gasteiger charge is -2.13. The third kappa shape index (κ3) is 4.97. The number of carbonyl (C=O) groups excluding carboxylic acids is 1. The van der Waals surface area contributed by atoms with Gasteiger partial charge >= 0.3 is 5.97 Å². The molecular formula is C28H22ClNO3. The Bertz CT molecular complexity index is 1380. The Balaban J connectivity index is 1.74. The summed E-state index contributed by atoms with van der Waals surface area (Å²) in [6, 6.07) is 26.6. The van der Waals surface area contributed by atoms with Gasteiger partial charge in [0.1, 0.15) is 0 Å². The summed E-state index contributed by atoms with van der Waals surface area (Å²) in [6.45, 7) is 1.78. The largest absolute Gasteiger partial charge is 0.478 e. The molecular weight excluding hydrogens is 434 g/mol. The molecule has 164 valence electrons. The van der Waals surface area contributed by atoms with Crippen molar-refractivity contribution in [2.45, 2.75) is 13.3 Å². The van der Waals surface area contributed by atoms with E-state index in [4.69, 9.17) is 11.6 Å². The fraction of sp³-hybridized carbons (Fsp3) is 0.0714. The first-order valence-electron chi connectivity index (χ1n) is 10.6. The van der Waals surface area contributed by atoms with E-state index in [9.17, 15) is 14.7 Å². The van der Waals surface area contributed by atoms with E-state index < -0.39 is 5.97 Å². The van der Waals surface area contributed by atoms with Crippen molar-refractivity contribution in [3.8, 4) is 11.1 Å². The first-order valence-corrected chi connectivity index (χ1v) is 11.0. The van der Waals surface area contributed by atoms with Gasteiger partial charge in [-0.3, -0.25) is 4.79 Å². The monoisotopic (exact) mass is 455 g/mol. The Morgan fingerprint density at radius 3 is 2.36 bits per heavy atom. The third-order valence-corrected chi connectivity index (χ3v) is 5.78. The molecule has 4 aromatic carbocycles. The van der Waals surface area contributed by atoms with E-state index in [0.717, 1.165) is 21.9 Å². The molecule has 0 radical (unpaired) electrons. The van der Waals surface area contributed by atoms with E-state index in [2.05, 4.69) is 11.4 Å². The summed E-state index contributed by atoms with van der Waals surface area (Å²) in [7, 11) is 0. The number of amides is 1. The summed E-state index contributed by atoms with van der Waals surface area (Å²) in [5.41, 5.74) is 3.83. The minimum atomic E-state index is -0.970. The average molecular weight is 456 g/mol. The molecule has 0 unspecified atom stereocenters. The number of hydrogen-bond donors (Lipinski definition) is 2. The quantitative estimate of drug-likeness (QED) is 0.300. The van der Waals surface area contributed by atoms with E-state index in [1.54, 1.807) is 31.2 Å². The molecule has 1 amide bonds. The van der Waals surface area contributed by atoms with Gasteiger partial charge in [0.25, 0.3) is 5.91 Å². The number of fused-ring (bicyclic) bond motifs is 1. The number of nitrogens with one attached hydrogen (secondary N) is 1. The fourth-order valence-electron chi connectivity index (χ4n) is 3.73. The molecule has 4 nitrogen and oxygen atoms in total. The van der Waals surface area contributed by atoms with Gasteiger partial charge in [-0.15, -0.1) is 0 Å². The molecule has 0 fully saturated rings. The van der Waals surface area contributed by atoms with Crippen molar-refractivity contribution in [3.05, 3.63) is 107 Å². The van der Waals surface area contributed by atoms with Crippen LogP contribution in [0.2, 0.25) is 5.02 Å². The van der Waals surface area contributed by atoms with Crippen molar-refractivity contribution in [3.63, 3.8) is 0 Å². The summed E-state index contributed by atoms with van der Waals surface area (Å²) < 4.78 is 0. The molecule has 4 rings (SSSR count). The van der Waals surface area contributed by atoms with Gasteiger partial charge in [0.15, 0.2) is 0 Å². The second kappa shape index (κ2) is 9.72. The molecule has 0 spiro atoms. The lowest BCUT2D eigenvalue weighted by molar-refractivity contribution is -0.132. The second-order valence-corrected chi connectivity index (χ2v) is 8.04. The van der Waals surface area contributed by atoms with Crippen LogP contribution in [0.25, 0.3) is 28.0 Å². The summed E-state index contributed by atoms with van der Waals surface area (Å²) in [4.78, 5) is 24.7. The number of carboxylic acids is 1. The Morgan fingerprint density at radius 1 is 0.909 bits per heavy atom. The molecule has 0 aliphatic carbocycles. The van der Waals surface area contributed by atoms with Gasteiger partial charge in [-0.05, 0) is 64.2 Å². The third-order valence-electron chi connectivity index (χ3n) is 5.45. The summed E-state index contributed by atoms with van der Waals surface area (Å²) in [5.74, 6) is -1.26. The molecule has 4 aromatic rings. The Labute approximate surface area is 197 Å². The predicted octanol–water partition coefficient (Wildman–Crippen LogP) is 7.29. The first kappa shape index (κ1) is 22.3. The molecule has 2 N–H and O–H groups in total. The first-order chi connectivity index (χ1) is 16.0. The van der Waals surface area contributed by atoms with Crippen LogP contribution in [0, 0.1) is 0 Å². The van der Waals surface area contributed by atoms with Crippen LogP contribution < -0.4 is 5.32 Å². The maximum Gasteiger partial charge on any atom is 0.331 e. The standard InChI is InChI=1S/C28H22ClNO3/c1-2-19(28(32)33)14-18-12-13-25(29)26(15-18)30-27(31)24-17-22(20-8-4-3-5-9-20)16-21-10-6-7-11-23(21)24/h3-17H,2H2,1H3,(H,30,31)(H,32,33). The molecule has 33 heavy (non-hydrogen) atoms. The SMILES string of the molecule is CCC(=Cc1ccc(Cl)c(NC(=O)c2cc(-c3ccccc3)cc3ccccc23)c1)C(=O)O. The summed E-state index contributed by atoms with van der Waals surface area (Å²) in [5, 5.41) is 14.4. The van der Waals surface area contributed by atoms with Crippen LogP contribution in [0.15, 0.2) is 90.5 Å². The smallest absolute Gasteiger partial charge is 0.331 e. The van der Waals surface area contributed by atoms with E-state index in [0.29, 0.717) is 28.3 Å². The van der Waals surface area contributed by atoms with Gasteiger partial charge in [-0.1, -0.05) is 79.2 Å². The van der Waals surface area contributed by atoms with Gasteiger partial charge in [0.05, 0.1) is 10.7 Å². The minimum Gasteiger partial charge on any atom is -0.478 e. The van der Waals surface area contributed by atoms with Gasteiger partial charge in [-0.2, -0.15) is 0 Å². The normalized spacial score (nSPS) is 11.4. The molecule has 0 saturated heterocycles. The van der Waals surface area contributed by atoms with Crippen molar-refractivity contribution in [1.29, 1.82) is 0 Å². The number of halogens is 1. The van der Waals surface area contributed by atoms with E-state index in [1.807, 2.05) is 60.7 Å². The zero-order chi connectivity index (χ0) is 23.4. The molecule has 0 bridgehead atoms. The van der Waals surface area contributed by atoms with Crippen molar-refractivity contribution in [1.82, 2.24) is 0 Å². The highest BCUT2D eigenvalue weighted by molar-refractivity contribution is 6.34. The highest BCUT2D eigenvalue weighted by Crippen LogP contribution is 2.30. The minimum absolute atomic E-state index is 0.274. The van der Waals surface area contributed by atoms with Crippen LogP contribution in [0.1, 0.15) is 29.3 Å². The Morgan fingerprint density at radius 2 is 1.64 bits per heavy atom. The fourth-order valence-corrected chi connectivity index (χ4v) is 3.89. The van der Waals surface area contributed by atoms with Gasteiger partial charge in [0, 0.05) is 11.1 Å². The maximum atomic E-state index is 13.4. The van der Waals surface area contributed by atoms with Gasteiger partial charge in [-0.25, -0.2) is 4.79 Å². The zero-order valence-corrected chi connectivity index (χ0v) is 18.8. The molecule has 0 aromatic heterocycles. The molecule has 0 aliphatic heterocycles. The molecule has 0 saturated carbocycles. The number of benzene rings is 4. The lowest BCUT2D eigenvalue weighted by Crippen LogP contribution is -2.13. The van der Waals surface area contributed by atoms with Crippen molar-refractivity contribution >= 4 is 46.0 Å². The molecule has 0 aliphatic rings. The highest BCUT2D eigenvalue weighted by Gasteiger charge is 2.15. The number of carbonyl (C=O) groups is 2. The van der Waals surface area contributed by atoms with Gasteiger partial charge < -0.3 is 10.4 Å². The topological polar surface area (TPSA) is 66.4 Å². The molecule has 5 heteroatoms. The summed E-state index contributed by atoms with van der Waals surface area (Å²) in [6.07, 6.45) is 1.97. The van der Waals surface area contributed by atoms with E-state index in [1.165, 1.54) is 0 Å². The van der Waals surface area contributed by atoms with Crippen molar-refractivity contribution in [2.75, 3.05) is 5.32 Å². The lowest BCUT2D eigenvalue weighted by atomic mass is 9.96. The molecule has 0 atom stereocenters. The van der Waals surface area contributed by atoms with Crippen LogP contribution in [-0.4, -0.2) is 17.0 Å². The van der Waals surface area contributed by atoms with Crippen LogP contribution in [-0.2, 0) is 4.79 Å². The van der Waals surface area contributed by atoms with Crippen LogP contribution in [0.3, 0.4) is 0 Å². The van der Waals surface area contributed by atoms with Crippen molar-refractivity contribution in [2.24, 2.45) is 0 Å². The Hall–Kier alpha value is -3.89. The predicted molar refractivity (Wildman–Crippen MR) is 135 cm³/mol. The number of carboxylic acid groups (broad SMARTS) is 1. The second-order valence-electron chi connectivity index (χ2n) is 7.63. The summed E-state index contributed by atoms with van der Waals surface area (Å²) >= 11 is 6.35. The van der Waals surface area contributed by atoms with Crippen LogP contribution in [0.5, 0.6) is 0 Å². The van der Waals surface area contributed by atoms with E-state index >= 15 is 0 Å². The highest BCUT2D eigenvalue weighted by atomic mass is 35.5. The zero-order valence-electron chi connectivity index (χ0n) is 18.0. The maximum absolute atomic E-state index is 13.4. The number of anilines is 1. The van der Waals surface area contributed by atoms with Crippen LogP contribution >= 0.6 is 11.6 Å². The average Bonchev–Trinajstić information content (AvgIpc) is 2.84. The number of hydrogen-bond acceptors (Lipinski definition) is 2. The van der Waals surface area contributed by atoms with Crippen LogP contribution in [0.4, 0.5) is 5.69 Å². The Kier molecular flexibility index (Phi) is 6.57. The van der Waals surface area contributed by atoms with E-state index in [-0.39, 0.29) is 11.5 Å². The number of rotatable bonds is 6.